The van der Waals surface area contributed by atoms with E-state index in [1.54, 1.807) is 0 Å². The van der Waals surface area contributed by atoms with E-state index in [1.807, 2.05) is 6.92 Å². The number of rotatable bonds is 3. The monoisotopic (exact) mass is 256 g/mol. The molecule has 0 aliphatic heterocycles. The van der Waals surface area contributed by atoms with Crippen molar-refractivity contribution in [3.05, 3.63) is 31.6 Å². The van der Waals surface area contributed by atoms with E-state index in [4.69, 9.17) is 11.6 Å². The summed E-state index contributed by atoms with van der Waals surface area (Å²) in [6.45, 7) is 6.08. The van der Waals surface area contributed by atoms with Crippen molar-refractivity contribution in [2.24, 2.45) is 5.41 Å². The molecule has 1 atom stereocenters. The maximum absolute atomic E-state index is 12.2. The molecular weight excluding hydrogens is 240 g/mol. The molecule has 0 bridgehead atoms. The second-order valence-electron chi connectivity index (χ2n) is 5.36. The van der Waals surface area contributed by atoms with Gasteiger partial charge in [0.25, 0.3) is 5.56 Å². The van der Waals surface area contributed by atoms with Gasteiger partial charge in [0.2, 0.25) is 0 Å². The summed E-state index contributed by atoms with van der Waals surface area (Å²) in [5.41, 5.74) is -0.0585. The highest BCUT2D eigenvalue weighted by Crippen LogP contribution is 2.54. The summed E-state index contributed by atoms with van der Waals surface area (Å²) in [5.74, 6) is 0. The third-order valence-electron chi connectivity index (χ3n) is 3.45. The number of nitrogens with zero attached hydrogens (tertiary/aromatic N) is 1. The van der Waals surface area contributed by atoms with Crippen LogP contribution in [0.4, 0.5) is 0 Å². The van der Waals surface area contributed by atoms with Crippen LogP contribution in [0.1, 0.15) is 45.2 Å². The van der Waals surface area contributed by atoms with Crippen molar-refractivity contribution in [1.29, 1.82) is 0 Å². The molecule has 1 aromatic heterocycles. The number of H-pyrrole nitrogens is 1. The molecule has 0 spiro atoms. The summed E-state index contributed by atoms with van der Waals surface area (Å²) in [4.78, 5) is 26.6. The summed E-state index contributed by atoms with van der Waals surface area (Å²) in [7, 11) is 0. The van der Waals surface area contributed by atoms with E-state index < -0.39 is 5.69 Å². The number of halogens is 1. The average molecular weight is 257 g/mol. The quantitative estimate of drug-likeness (QED) is 0.843. The molecule has 1 unspecified atom stereocenters. The summed E-state index contributed by atoms with van der Waals surface area (Å²) in [6.07, 6.45) is 2.29. The van der Waals surface area contributed by atoms with Crippen LogP contribution < -0.4 is 11.2 Å². The minimum Gasteiger partial charge on any atom is -0.297 e. The molecule has 0 amide bonds. The molecule has 1 heterocycles. The lowest BCUT2D eigenvalue weighted by Crippen LogP contribution is -2.37. The van der Waals surface area contributed by atoms with Crippen molar-refractivity contribution in [3.8, 4) is 0 Å². The minimum atomic E-state index is -0.393. The standard InChI is InChI=1S/C12H17ClN2O2/c1-4-5-7-9(13)14-11(17)15(10(7)16)8-6-12(8,2)3/h8H,4-6H2,1-3H3,(H,14,17). The first-order valence-electron chi connectivity index (χ1n) is 5.91. The van der Waals surface area contributed by atoms with Gasteiger partial charge in [-0.2, -0.15) is 0 Å². The van der Waals surface area contributed by atoms with E-state index in [-0.39, 0.29) is 22.2 Å². The van der Waals surface area contributed by atoms with Crippen LogP contribution in [0, 0.1) is 5.41 Å². The van der Waals surface area contributed by atoms with Crippen LogP contribution in [0.5, 0.6) is 0 Å². The average Bonchev–Trinajstić information content (AvgIpc) is 2.81. The SMILES string of the molecule is CCCc1c(Cl)[nH]c(=O)n(C2CC2(C)C)c1=O. The Labute approximate surface area is 105 Å². The number of aromatic amines is 1. The van der Waals surface area contributed by atoms with Gasteiger partial charge >= 0.3 is 5.69 Å². The van der Waals surface area contributed by atoms with Crippen molar-refractivity contribution in [2.45, 2.75) is 46.1 Å². The van der Waals surface area contributed by atoms with Gasteiger partial charge < -0.3 is 0 Å². The maximum Gasteiger partial charge on any atom is 0.329 e. The normalized spacial score (nSPS) is 21.5. The highest BCUT2D eigenvalue weighted by atomic mass is 35.5. The minimum absolute atomic E-state index is 0.00613. The zero-order chi connectivity index (χ0) is 12.8. The van der Waals surface area contributed by atoms with Crippen molar-refractivity contribution in [1.82, 2.24) is 9.55 Å². The van der Waals surface area contributed by atoms with Gasteiger partial charge in [-0.25, -0.2) is 4.79 Å². The fourth-order valence-electron chi connectivity index (χ4n) is 2.19. The van der Waals surface area contributed by atoms with Crippen LogP contribution in [0.2, 0.25) is 5.15 Å². The number of nitrogens with one attached hydrogen (secondary N) is 1. The van der Waals surface area contributed by atoms with Crippen LogP contribution in [0.25, 0.3) is 0 Å². The highest BCUT2D eigenvalue weighted by Gasteiger charge is 2.48. The molecule has 1 aliphatic carbocycles. The van der Waals surface area contributed by atoms with Crippen molar-refractivity contribution < 1.29 is 0 Å². The maximum atomic E-state index is 12.2. The zero-order valence-electron chi connectivity index (χ0n) is 10.3. The molecule has 1 aliphatic rings. The molecule has 0 aromatic carbocycles. The van der Waals surface area contributed by atoms with E-state index in [2.05, 4.69) is 18.8 Å². The lowest BCUT2D eigenvalue weighted by atomic mass is 10.1. The van der Waals surface area contributed by atoms with Gasteiger partial charge in [-0.05, 0) is 18.3 Å². The Kier molecular flexibility index (Phi) is 2.94. The van der Waals surface area contributed by atoms with Crippen LogP contribution in [0.15, 0.2) is 9.59 Å². The van der Waals surface area contributed by atoms with Gasteiger partial charge in [-0.15, -0.1) is 0 Å². The molecule has 4 nitrogen and oxygen atoms in total. The Balaban J connectivity index is 2.57. The van der Waals surface area contributed by atoms with Gasteiger partial charge in [0.1, 0.15) is 5.15 Å². The highest BCUT2D eigenvalue weighted by molar-refractivity contribution is 6.30. The third-order valence-corrected chi connectivity index (χ3v) is 3.77. The lowest BCUT2D eigenvalue weighted by molar-refractivity contribution is 0.510. The molecule has 1 N–H and O–H groups in total. The number of aromatic nitrogens is 2. The van der Waals surface area contributed by atoms with Gasteiger partial charge in [0.15, 0.2) is 0 Å². The molecule has 1 fully saturated rings. The molecular formula is C12H17ClN2O2. The fraction of sp³-hybridized carbons (Fsp3) is 0.667. The smallest absolute Gasteiger partial charge is 0.297 e. The molecule has 17 heavy (non-hydrogen) atoms. The van der Waals surface area contributed by atoms with E-state index in [9.17, 15) is 9.59 Å². The first kappa shape index (κ1) is 12.4. The second kappa shape index (κ2) is 4.02. The Morgan fingerprint density at radius 1 is 1.47 bits per heavy atom. The molecule has 1 saturated carbocycles. The predicted molar refractivity (Wildman–Crippen MR) is 67.8 cm³/mol. The van der Waals surface area contributed by atoms with E-state index in [0.717, 1.165) is 12.8 Å². The largest absolute Gasteiger partial charge is 0.329 e. The molecule has 2 rings (SSSR count). The summed E-state index contributed by atoms with van der Waals surface area (Å²) >= 11 is 5.91. The van der Waals surface area contributed by atoms with Gasteiger partial charge in [-0.3, -0.25) is 14.3 Å². The van der Waals surface area contributed by atoms with E-state index in [0.29, 0.717) is 12.0 Å². The molecule has 1 aromatic rings. The topological polar surface area (TPSA) is 54.9 Å². The van der Waals surface area contributed by atoms with Crippen LogP contribution in [-0.2, 0) is 6.42 Å². The molecule has 5 heteroatoms. The van der Waals surface area contributed by atoms with Gasteiger partial charge in [-0.1, -0.05) is 38.8 Å². The Hall–Kier alpha value is -1.03. The first-order valence-corrected chi connectivity index (χ1v) is 6.29. The zero-order valence-corrected chi connectivity index (χ0v) is 11.1. The summed E-state index contributed by atoms with van der Waals surface area (Å²) in [5, 5.41) is 0.191. The number of hydrogen-bond acceptors (Lipinski definition) is 2. The Morgan fingerprint density at radius 2 is 2.06 bits per heavy atom. The van der Waals surface area contributed by atoms with E-state index >= 15 is 0 Å². The summed E-state index contributed by atoms with van der Waals surface area (Å²) in [6, 6.07) is 0.00613. The molecule has 0 saturated heterocycles. The molecule has 94 valence electrons. The third kappa shape index (κ3) is 2.06. The fourth-order valence-corrected chi connectivity index (χ4v) is 2.45. The Morgan fingerprint density at radius 3 is 2.53 bits per heavy atom. The van der Waals surface area contributed by atoms with Crippen LogP contribution in [-0.4, -0.2) is 9.55 Å². The van der Waals surface area contributed by atoms with Crippen LogP contribution in [0.3, 0.4) is 0 Å². The van der Waals surface area contributed by atoms with Gasteiger partial charge in [0, 0.05) is 6.04 Å². The Bertz CT molecular complexity index is 557. The predicted octanol–water partition coefficient (Wildman–Crippen LogP) is 2.11. The van der Waals surface area contributed by atoms with Crippen molar-refractivity contribution in [3.63, 3.8) is 0 Å². The van der Waals surface area contributed by atoms with Crippen molar-refractivity contribution >= 4 is 11.6 Å². The molecule has 0 radical (unpaired) electrons. The number of hydrogen-bond donors (Lipinski definition) is 1. The lowest BCUT2D eigenvalue weighted by Gasteiger charge is -2.09. The first-order chi connectivity index (χ1) is 7.88. The van der Waals surface area contributed by atoms with E-state index in [1.165, 1.54) is 4.57 Å². The second-order valence-corrected chi connectivity index (χ2v) is 5.73. The summed E-state index contributed by atoms with van der Waals surface area (Å²) < 4.78 is 1.33. The van der Waals surface area contributed by atoms with Crippen LogP contribution >= 0.6 is 11.6 Å². The van der Waals surface area contributed by atoms with Gasteiger partial charge in [0.05, 0.1) is 5.56 Å². The van der Waals surface area contributed by atoms with Crippen molar-refractivity contribution in [2.75, 3.05) is 0 Å².